The summed E-state index contributed by atoms with van der Waals surface area (Å²) in [6.07, 6.45) is 0.857. The van der Waals surface area contributed by atoms with Gasteiger partial charge in [0.25, 0.3) is 5.91 Å². The molecule has 6 heteroatoms. The molecule has 0 radical (unpaired) electrons. The van der Waals surface area contributed by atoms with Crippen LogP contribution in [0.3, 0.4) is 0 Å². The van der Waals surface area contributed by atoms with Gasteiger partial charge in [-0.15, -0.1) is 0 Å². The molecule has 1 unspecified atom stereocenters. The maximum Gasteiger partial charge on any atom is 0.306 e. The Kier molecular flexibility index (Phi) is 4.84. The van der Waals surface area contributed by atoms with Crippen LogP contribution in [0.25, 0.3) is 10.9 Å². The Bertz CT molecular complexity index is 652. The van der Waals surface area contributed by atoms with Gasteiger partial charge in [-0.3, -0.25) is 14.6 Å². The van der Waals surface area contributed by atoms with Crippen molar-refractivity contribution in [2.45, 2.75) is 12.5 Å². The zero-order valence-electron chi connectivity index (χ0n) is 11.6. The van der Waals surface area contributed by atoms with Gasteiger partial charge in [0.2, 0.25) is 0 Å². The number of ether oxygens (including phenoxy) is 1. The van der Waals surface area contributed by atoms with Crippen molar-refractivity contribution in [2.75, 3.05) is 13.7 Å². The van der Waals surface area contributed by atoms with Crippen LogP contribution in [0.2, 0.25) is 0 Å². The molecular formula is C15H16N2O4. The van der Waals surface area contributed by atoms with E-state index in [-0.39, 0.29) is 18.9 Å². The predicted molar refractivity (Wildman–Crippen MR) is 77.1 cm³/mol. The Morgan fingerprint density at radius 3 is 2.81 bits per heavy atom. The molecule has 1 amide bonds. The molecule has 110 valence electrons. The highest BCUT2D eigenvalue weighted by atomic mass is 16.5. The number of aromatic nitrogens is 1. The lowest BCUT2D eigenvalue weighted by molar-refractivity contribution is -0.139. The SMILES string of the molecule is COC(CNC(=O)c1ccnc2ccccc12)CC(=O)O. The molecule has 21 heavy (non-hydrogen) atoms. The van der Waals surface area contributed by atoms with Gasteiger partial charge < -0.3 is 15.2 Å². The second kappa shape index (κ2) is 6.81. The van der Waals surface area contributed by atoms with Crippen LogP contribution in [0.1, 0.15) is 16.8 Å². The number of pyridine rings is 1. The monoisotopic (exact) mass is 288 g/mol. The number of amides is 1. The van der Waals surface area contributed by atoms with Crippen LogP contribution >= 0.6 is 0 Å². The lowest BCUT2D eigenvalue weighted by Crippen LogP contribution is -2.34. The number of benzene rings is 1. The fourth-order valence-corrected chi connectivity index (χ4v) is 2.03. The van der Waals surface area contributed by atoms with Gasteiger partial charge in [-0.2, -0.15) is 0 Å². The molecule has 0 spiro atoms. The van der Waals surface area contributed by atoms with Gasteiger partial charge in [-0.05, 0) is 12.1 Å². The van der Waals surface area contributed by atoms with Gasteiger partial charge in [0.15, 0.2) is 0 Å². The Morgan fingerprint density at radius 1 is 1.33 bits per heavy atom. The molecular weight excluding hydrogens is 272 g/mol. The third kappa shape index (κ3) is 3.76. The molecule has 6 nitrogen and oxygen atoms in total. The van der Waals surface area contributed by atoms with Crippen molar-refractivity contribution in [1.82, 2.24) is 10.3 Å². The first kappa shape index (κ1) is 14.9. The van der Waals surface area contributed by atoms with E-state index >= 15 is 0 Å². The molecule has 1 aromatic heterocycles. The fraction of sp³-hybridized carbons (Fsp3) is 0.267. The summed E-state index contributed by atoms with van der Waals surface area (Å²) < 4.78 is 5.03. The largest absolute Gasteiger partial charge is 0.481 e. The van der Waals surface area contributed by atoms with E-state index < -0.39 is 12.1 Å². The molecule has 1 atom stereocenters. The van der Waals surface area contributed by atoms with E-state index in [1.54, 1.807) is 12.3 Å². The van der Waals surface area contributed by atoms with Crippen molar-refractivity contribution in [2.24, 2.45) is 0 Å². The number of carbonyl (C=O) groups is 2. The molecule has 1 heterocycles. The average Bonchev–Trinajstić information content (AvgIpc) is 2.50. The maximum absolute atomic E-state index is 12.2. The molecule has 0 aliphatic heterocycles. The van der Waals surface area contributed by atoms with E-state index in [4.69, 9.17) is 9.84 Å². The summed E-state index contributed by atoms with van der Waals surface area (Å²) in [5.41, 5.74) is 1.24. The molecule has 1 aromatic carbocycles. The average molecular weight is 288 g/mol. The maximum atomic E-state index is 12.2. The smallest absolute Gasteiger partial charge is 0.306 e. The van der Waals surface area contributed by atoms with Crippen molar-refractivity contribution >= 4 is 22.8 Å². The quantitative estimate of drug-likeness (QED) is 0.840. The number of rotatable bonds is 6. The van der Waals surface area contributed by atoms with Gasteiger partial charge in [0.05, 0.1) is 23.6 Å². The van der Waals surface area contributed by atoms with Gasteiger partial charge in [-0.1, -0.05) is 18.2 Å². The lowest BCUT2D eigenvalue weighted by Gasteiger charge is -2.14. The normalized spacial score (nSPS) is 12.0. The van der Waals surface area contributed by atoms with Gasteiger partial charge in [0.1, 0.15) is 0 Å². The zero-order valence-corrected chi connectivity index (χ0v) is 11.6. The van der Waals surface area contributed by atoms with Crippen LogP contribution in [0.15, 0.2) is 36.5 Å². The van der Waals surface area contributed by atoms with Crippen molar-refractivity contribution in [1.29, 1.82) is 0 Å². The second-order valence-corrected chi connectivity index (χ2v) is 4.54. The molecule has 0 saturated heterocycles. The van der Waals surface area contributed by atoms with Crippen LogP contribution in [0.4, 0.5) is 0 Å². The summed E-state index contributed by atoms with van der Waals surface area (Å²) in [4.78, 5) is 27.1. The highest BCUT2D eigenvalue weighted by molar-refractivity contribution is 6.05. The molecule has 0 saturated carbocycles. The van der Waals surface area contributed by atoms with Gasteiger partial charge in [-0.25, -0.2) is 0 Å². The summed E-state index contributed by atoms with van der Waals surface area (Å²) in [6.45, 7) is 0.137. The topological polar surface area (TPSA) is 88.5 Å². The second-order valence-electron chi connectivity index (χ2n) is 4.54. The van der Waals surface area contributed by atoms with Crippen LogP contribution in [0.5, 0.6) is 0 Å². The van der Waals surface area contributed by atoms with Crippen LogP contribution in [0, 0.1) is 0 Å². The minimum atomic E-state index is -0.967. The number of hydrogen-bond donors (Lipinski definition) is 2. The highest BCUT2D eigenvalue weighted by Crippen LogP contribution is 2.15. The van der Waals surface area contributed by atoms with Crippen LogP contribution < -0.4 is 5.32 Å². The van der Waals surface area contributed by atoms with E-state index in [0.717, 1.165) is 10.9 Å². The van der Waals surface area contributed by atoms with Crippen molar-refractivity contribution in [3.05, 3.63) is 42.1 Å². The number of nitrogens with zero attached hydrogens (tertiary/aromatic N) is 1. The van der Waals surface area contributed by atoms with Gasteiger partial charge >= 0.3 is 5.97 Å². The summed E-state index contributed by atoms with van der Waals surface area (Å²) in [6, 6.07) is 8.97. The van der Waals surface area contributed by atoms with Crippen molar-refractivity contribution < 1.29 is 19.4 Å². The standard InChI is InChI=1S/C15H16N2O4/c1-21-10(8-14(18)19)9-17-15(20)12-6-7-16-13-5-3-2-4-11(12)13/h2-7,10H,8-9H2,1H3,(H,17,20)(H,18,19). The lowest BCUT2D eigenvalue weighted by atomic mass is 10.1. The van der Waals surface area contributed by atoms with Crippen LogP contribution in [-0.4, -0.2) is 41.7 Å². The minimum Gasteiger partial charge on any atom is -0.481 e. The fourth-order valence-electron chi connectivity index (χ4n) is 2.03. The summed E-state index contributed by atoms with van der Waals surface area (Å²) >= 11 is 0. The zero-order chi connectivity index (χ0) is 15.2. The van der Waals surface area contributed by atoms with E-state index in [2.05, 4.69) is 10.3 Å². The van der Waals surface area contributed by atoms with Gasteiger partial charge in [0, 0.05) is 25.2 Å². The molecule has 0 aliphatic rings. The Balaban J connectivity index is 2.10. The number of para-hydroxylation sites is 1. The molecule has 2 rings (SSSR count). The predicted octanol–water partition coefficient (Wildman–Crippen LogP) is 1.45. The number of hydrogen-bond acceptors (Lipinski definition) is 4. The third-order valence-corrected chi connectivity index (χ3v) is 3.12. The number of carbonyl (C=O) groups excluding carboxylic acids is 1. The molecule has 2 N–H and O–H groups in total. The number of methoxy groups -OCH3 is 1. The van der Waals surface area contributed by atoms with E-state index in [0.29, 0.717) is 5.56 Å². The first-order valence-corrected chi connectivity index (χ1v) is 6.48. The Hall–Kier alpha value is -2.47. The first-order chi connectivity index (χ1) is 10.1. The van der Waals surface area contributed by atoms with Crippen molar-refractivity contribution in [3.8, 4) is 0 Å². The van der Waals surface area contributed by atoms with E-state index in [9.17, 15) is 9.59 Å². The summed E-state index contributed by atoms with van der Waals surface area (Å²) in [7, 11) is 1.42. The van der Waals surface area contributed by atoms with E-state index in [1.165, 1.54) is 7.11 Å². The number of nitrogens with one attached hydrogen (secondary N) is 1. The minimum absolute atomic E-state index is 0.137. The third-order valence-electron chi connectivity index (χ3n) is 3.12. The van der Waals surface area contributed by atoms with E-state index in [1.807, 2.05) is 24.3 Å². The summed E-state index contributed by atoms with van der Waals surface area (Å²) in [5, 5.41) is 12.2. The molecule has 0 fully saturated rings. The molecule has 0 bridgehead atoms. The first-order valence-electron chi connectivity index (χ1n) is 6.48. The highest BCUT2D eigenvalue weighted by Gasteiger charge is 2.15. The number of carboxylic acids is 1. The number of fused-ring (bicyclic) bond motifs is 1. The van der Waals surface area contributed by atoms with Crippen molar-refractivity contribution in [3.63, 3.8) is 0 Å². The summed E-state index contributed by atoms with van der Waals surface area (Å²) in [5.74, 6) is -1.24. The molecule has 2 aromatic rings. The number of carboxylic acid groups (broad SMARTS) is 1. The Labute approximate surface area is 121 Å². The van der Waals surface area contributed by atoms with Crippen LogP contribution in [-0.2, 0) is 9.53 Å². The molecule has 0 aliphatic carbocycles. The number of aliphatic carboxylic acids is 1. The Morgan fingerprint density at radius 2 is 2.10 bits per heavy atom.